The number of pyridine rings is 1. The van der Waals surface area contributed by atoms with Gasteiger partial charge in [0.1, 0.15) is 17.3 Å². The Kier molecular flexibility index (Phi) is 4.00. The van der Waals surface area contributed by atoms with Crippen molar-refractivity contribution in [3.63, 3.8) is 0 Å². The van der Waals surface area contributed by atoms with Gasteiger partial charge >= 0.3 is 0 Å². The zero-order valence-electron chi connectivity index (χ0n) is 15.5. The molecule has 0 saturated heterocycles. The van der Waals surface area contributed by atoms with Gasteiger partial charge in [0.2, 0.25) is 0 Å². The summed E-state index contributed by atoms with van der Waals surface area (Å²) in [5, 5.41) is 0. The van der Waals surface area contributed by atoms with Crippen molar-refractivity contribution >= 4 is 5.82 Å². The minimum absolute atomic E-state index is 0.739. The second-order valence-corrected chi connectivity index (χ2v) is 7.13. The Hall–Kier alpha value is -2.95. The van der Waals surface area contributed by atoms with E-state index in [2.05, 4.69) is 28.1 Å². The fraction of sp³-hybridized carbons (Fsp3) is 0.318. The Morgan fingerprint density at radius 1 is 0.963 bits per heavy atom. The van der Waals surface area contributed by atoms with Crippen LogP contribution in [-0.4, -0.2) is 28.6 Å². The van der Waals surface area contributed by atoms with Gasteiger partial charge in [0.05, 0.1) is 7.11 Å². The maximum absolute atomic E-state index is 5.55. The number of benzene rings is 1. The Bertz CT molecular complexity index is 987. The van der Waals surface area contributed by atoms with Crippen molar-refractivity contribution < 1.29 is 4.74 Å². The lowest BCUT2D eigenvalue weighted by Gasteiger charge is -2.32. The SMILES string of the molecule is COc1cccc2c1CCN(c1nc(-c3ccccn3)nc3c1CCC3)C2. The molecule has 0 atom stereocenters. The van der Waals surface area contributed by atoms with Gasteiger partial charge in [-0.15, -0.1) is 0 Å². The van der Waals surface area contributed by atoms with E-state index in [1.54, 1.807) is 13.3 Å². The number of aryl methyl sites for hydroxylation is 1. The van der Waals surface area contributed by atoms with Crippen molar-refractivity contribution in [2.75, 3.05) is 18.6 Å². The van der Waals surface area contributed by atoms with Crippen LogP contribution in [0.3, 0.4) is 0 Å². The van der Waals surface area contributed by atoms with Crippen LogP contribution in [0.2, 0.25) is 0 Å². The third kappa shape index (κ3) is 2.83. The van der Waals surface area contributed by atoms with E-state index in [1.807, 2.05) is 18.2 Å². The minimum Gasteiger partial charge on any atom is -0.496 e. The molecule has 1 aliphatic carbocycles. The van der Waals surface area contributed by atoms with E-state index in [4.69, 9.17) is 14.7 Å². The summed E-state index contributed by atoms with van der Waals surface area (Å²) in [5.74, 6) is 2.82. The van der Waals surface area contributed by atoms with Gasteiger partial charge in [0, 0.05) is 36.1 Å². The predicted molar refractivity (Wildman–Crippen MR) is 105 cm³/mol. The molecule has 0 fully saturated rings. The molecule has 0 spiro atoms. The lowest BCUT2D eigenvalue weighted by atomic mass is 9.98. The van der Waals surface area contributed by atoms with Gasteiger partial charge in [0.15, 0.2) is 5.82 Å². The maximum atomic E-state index is 5.55. The number of fused-ring (bicyclic) bond motifs is 2. The van der Waals surface area contributed by atoms with Crippen molar-refractivity contribution in [1.82, 2.24) is 15.0 Å². The van der Waals surface area contributed by atoms with E-state index in [9.17, 15) is 0 Å². The Morgan fingerprint density at radius 3 is 2.78 bits per heavy atom. The van der Waals surface area contributed by atoms with E-state index < -0.39 is 0 Å². The van der Waals surface area contributed by atoms with Crippen LogP contribution in [0.1, 0.15) is 28.8 Å². The average molecular weight is 358 g/mol. The third-order valence-corrected chi connectivity index (χ3v) is 5.55. The van der Waals surface area contributed by atoms with Crippen LogP contribution in [0.15, 0.2) is 42.6 Å². The highest BCUT2D eigenvalue weighted by atomic mass is 16.5. The van der Waals surface area contributed by atoms with Gasteiger partial charge in [-0.25, -0.2) is 9.97 Å². The highest BCUT2D eigenvalue weighted by Crippen LogP contribution is 2.35. The molecule has 0 saturated carbocycles. The second kappa shape index (κ2) is 6.65. The maximum Gasteiger partial charge on any atom is 0.180 e. The fourth-order valence-corrected chi connectivity index (χ4v) is 4.23. The molecule has 0 unspecified atom stereocenters. The average Bonchev–Trinajstić information content (AvgIpc) is 3.21. The van der Waals surface area contributed by atoms with Crippen molar-refractivity contribution in [3.05, 3.63) is 65.0 Å². The van der Waals surface area contributed by atoms with E-state index >= 15 is 0 Å². The van der Waals surface area contributed by atoms with E-state index in [0.29, 0.717) is 0 Å². The number of anilines is 1. The molecule has 3 heterocycles. The molecule has 2 aliphatic rings. The van der Waals surface area contributed by atoms with Crippen molar-refractivity contribution in [2.24, 2.45) is 0 Å². The van der Waals surface area contributed by atoms with Crippen LogP contribution in [0.5, 0.6) is 5.75 Å². The molecule has 2 aromatic heterocycles. The van der Waals surface area contributed by atoms with Crippen molar-refractivity contribution in [3.8, 4) is 17.3 Å². The van der Waals surface area contributed by atoms with Crippen molar-refractivity contribution in [2.45, 2.75) is 32.2 Å². The van der Waals surface area contributed by atoms with Gasteiger partial charge in [-0.05, 0) is 49.4 Å². The molecular weight excluding hydrogens is 336 g/mol. The molecule has 5 heteroatoms. The van der Waals surface area contributed by atoms with E-state index in [1.165, 1.54) is 22.4 Å². The number of hydrogen-bond donors (Lipinski definition) is 0. The first-order valence-electron chi connectivity index (χ1n) is 9.54. The van der Waals surface area contributed by atoms with Gasteiger partial charge in [-0.3, -0.25) is 4.98 Å². The van der Waals surface area contributed by atoms with Crippen molar-refractivity contribution in [1.29, 1.82) is 0 Å². The summed E-state index contributed by atoms with van der Waals surface area (Å²) in [6, 6.07) is 12.2. The van der Waals surface area contributed by atoms with Crippen LogP contribution in [0.25, 0.3) is 11.5 Å². The monoisotopic (exact) mass is 358 g/mol. The first-order valence-corrected chi connectivity index (χ1v) is 9.54. The van der Waals surface area contributed by atoms with E-state index in [0.717, 1.165) is 61.9 Å². The van der Waals surface area contributed by atoms with Gasteiger partial charge in [-0.1, -0.05) is 18.2 Å². The van der Waals surface area contributed by atoms with Crippen LogP contribution < -0.4 is 9.64 Å². The number of ether oxygens (including phenoxy) is 1. The van der Waals surface area contributed by atoms with Gasteiger partial charge in [0.25, 0.3) is 0 Å². The van der Waals surface area contributed by atoms with Gasteiger partial charge < -0.3 is 9.64 Å². The summed E-state index contributed by atoms with van der Waals surface area (Å²) in [6.45, 7) is 1.80. The summed E-state index contributed by atoms with van der Waals surface area (Å²) < 4.78 is 5.55. The number of hydrogen-bond acceptors (Lipinski definition) is 5. The standard InChI is InChI=1S/C22H22N4O/c1-27-20-10-4-6-15-14-26(13-11-16(15)20)22-17-7-5-9-18(17)24-21(25-22)19-8-2-3-12-23-19/h2-4,6,8,10,12H,5,7,9,11,13-14H2,1H3. The Balaban J connectivity index is 1.56. The first kappa shape index (κ1) is 16.2. The molecular formula is C22H22N4O. The first-order chi connectivity index (χ1) is 13.3. The molecule has 5 nitrogen and oxygen atoms in total. The number of nitrogens with zero attached hydrogens (tertiary/aromatic N) is 4. The zero-order valence-corrected chi connectivity index (χ0v) is 15.5. The largest absolute Gasteiger partial charge is 0.496 e. The molecule has 1 aliphatic heterocycles. The number of aromatic nitrogens is 3. The molecule has 136 valence electrons. The van der Waals surface area contributed by atoms with Gasteiger partial charge in [-0.2, -0.15) is 0 Å². The predicted octanol–water partition coefficient (Wildman–Crippen LogP) is 3.60. The summed E-state index contributed by atoms with van der Waals surface area (Å²) in [7, 11) is 1.75. The number of rotatable bonds is 3. The van der Waals surface area contributed by atoms with Crippen LogP contribution >= 0.6 is 0 Å². The molecule has 0 N–H and O–H groups in total. The van der Waals surface area contributed by atoms with Crippen LogP contribution in [0.4, 0.5) is 5.82 Å². The number of methoxy groups -OCH3 is 1. The summed E-state index contributed by atoms with van der Waals surface area (Å²) in [4.78, 5) is 16.7. The molecule has 1 aromatic carbocycles. The molecule has 3 aromatic rings. The lowest BCUT2D eigenvalue weighted by molar-refractivity contribution is 0.407. The lowest BCUT2D eigenvalue weighted by Crippen LogP contribution is -2.32. The molecule has 0 bridgehead atoms. The quantitative estimate of drug-likeness (QED) is 0.716. The smallest absolute Gasteiger partial charge is 0.180 e. The highest BCUT2D eigenvalue weighted by molar-refractivity contribution is 5.60. The summed E-state index contributed by atoms with van der Waals surface area (Å²) in [5.41, 5.74) is 6.00. The minimum atomic E-state index is 0.739. The van der Waals surface area contributed by atoms with Crippen LogP contribution in [-0.2, 0) is 25.8 Å². The van der Waals surface area contributed by atoms with Crippen LogP contribution in [0, 0.1) is 0 Å². The molecule has 0 radical (unpaired) electrons. The Morgan fingerprint density at radius 2 is 1.93 bits per heavy atom. The summed E-state index contributed by atoms with van der Waals surface area (Å²) in [6.07, 6.45) is 6.02. The third-order valence-electron chi connectivity index (χ3n) is 5.55. The van der Waals surface area contributed by atoms with E-state index in [-0.39, 0.29) is 0 Å². The zero-order chi connectivity index (χ0) is 18.2. The summed E-state index contributed by atoms with van der Waals surface area (Å²) >= 11 is 0. The topological polar surface area (TPSA) is 51.1 Å². The highest BCUT2D eigenvalue weighted by Gasteiger charge is 2.27. The molecule has 5 rings (SSSR count). The fourth-order valence-electron chi connectivity index (χ4n) is 4.23. The normalized spacial score (nSPS) is 15.4. The molecule has 27 heavy (non-hydrogen) atoms. The second-order valence-electron chi connectivity index (χ2n) is 7.13. The molecule has 0 amide bonds. The Labute approximate surface area is 159 Å².